The Labute approximate surface area is 223 Å². The molecular formula is C24H29N5O8S. The molecule has 14 heteroatoms. The number of hydrogen-bond acceptors (Lipinski definition) is 11. The third-order valence-corrected chi connectivity index (χ3v) is 6.40. The van der Waals surface area contributed by atoms with Crippen molar-refractivity contribution in [3.8, 4) is 11.4 Å². The van der Waals surface area contributed by atoms with Crippen LogP contribution in [0.2, 0.25) is 0 Å². The highest BCUT2D eigenvalue weighted by Gasteiger charge is 2.52. The Balaban J connectivity index is 1.85. The summed E-state index contributed by atoms with van der Waals surface area (Å²) in [6.45, 7) is 4.57. The van der Waals surface area contributed by atoms with Gasteiger partial charge in [-0.1, -0.05) is 0 Å². The number of ether oxygens (including phenoxy) is 4. The third-order valence-electron chi connectivity index (χ3n) is 6.01. The molecular weight excluding hydrogens is 518 g/mol. The first-order chi connectivity index (χ1) is 18.1. The molecule has 0 spiro atoms. The fraction of sp³-hybridized carbons (Fsp3) is 0.542. The van der Waals surface area contributed by atoms with Crippen LogP contribution in [0.4, 0.5) is 0 Å². The van der Waals surface area contributed by atoms with Gasteiger partial charge in [0.05, 0.1) is 0 Å². The number of amides is 1. The van der Waals surface area contributed by atoms with Gasteiger partial charge in [0.25, 0.3) is 0 Å². The molecule has 1 aliphatic carbocycles. The van der Waals surface area contributed by atoms with Crippen molar-refractivity contribution in [2.75, 3.05) is 6.61 Å². The van der Waals surface area contributed by atoms with Gasteiger partial charge < -0.3 is 24.3 Å². The Morgan fingerprint density at radius 2 is 1.66 bits per heavy atom. The maximum Gasteiger partial charge on any atom is 0.303 e. The van der Waals surface area contributed by atoms with E-state index in [0.717, 1.165) is 18.4 Å². The van der Waals surface area contributed by atoms with E-state index in [4.69, 9.17) is 36.3 Å². The first-order valence-corrected chi connectivity index (χ1v) is 12.5. The van der Waals surface area contributed by atoms with Crippen LogP contribution < -0.4 is 5.32 Å². The van der Waals surface area contributed by atoms with Crippen molar-refractivity contribution in [3.63, 3.8) is 0 Å². The highest BCUT2D eigenvalue weighted by Crippen LogP contribution is 2.40. The number of hydrogen-bond donors (Lipinski definition) is 1. The molecule has 1 saturated heterocycles. The van der Waals surface area contributed by atoms with E-state index in [-0.39, 0.29) is 12.6 Å². The fourth-order valence-electron chi connectivity index (χ4n) is 4.44. The lowest BCUT2D eigenvalue weighted by Gasteiger charge is -2.45. The number of rotatable bonds is 8. The second-order valence-corrected chi connectivity index (χ2v) is 9.50. The van der Waals surface area contributed by atoms with Crippen molar-refractivity contribution < 1.29 is 38.1 Å². The Hall–Kier alpha value is -3.65. The molecule has 2 aliphatic rings. The second-order valence-electron chi connectivity index (χ2n) is 9.13. The van der Waals surface area contributed by atoms with E-state index in [1.165, 1.54) is 32.4 Å². The third kappa shape index (κ3) is 6.07. The van der Waals surface area contributed by atoms with E-state index in [1.807, 2.05) is 4.57 Å². The van der Waals surface area contributed by atoms with Crippen molar-refractivity contribution in [2.45, 2.75) is 77.2 Å². The summed E-state index contributed by atoms with van der Waals surface area (Å²) in [6.07, 6.45) is 0.517. The van der Waals surface area contributed by atoms with Crippen LogP contribution in [0.15, 0.2) is 24.5 Å². The molecule has 2 aromatic heterocycles. The summed E-state index contributed by atoms with van der Waals surface area (Å²) in [4.78, 5) is 52.1. The van der Waals surface area contributed by atoms with Gasteiger partial charge in [0.2, 0.25) is 10.7 Å². The number of pyridine rings is 1. The van der Waals surface area contributed by atoms with E-state index >= 15 is 0 Å². The lowest BCUT2D eigenvalue weighted by molar-refractivity contribution is -0.239. The van der Waals surface area contributed by atoms with Crippen LogP contribution in [0.25, 0.3) is 11.4 Å². The molecule has 1 saturated carbocycles. The monoisotopic (exact) mass is 547 g/mol. The summed E-state index contributed by atoms with van der Waals surface area (Å²) >= 11 is 5.82. The van der Waals surface area contributed by atoms with Gasteiger partial charge in [-0.25, -0.2) is 4.68 Å². The van der Waals surface area contributed by atoms with Crippen LogP contribution >= 0.6 is 12.2 Å². The van der Waals surface area contributed by atoms with Gasteiger partial charge in [0.1, 0.15) is 18.8 Å². The van der Waals surface area contributed by atoms with Gasteiger partial charge in [-0.15, -0.1) is 5.10 Å². The molecule has 5 atom stereocenters. The summed E-state index contributed by atoms with van der Waals surface area (Å²) in [5, 5.41) is 7.52. The van der Waals surface area contributed by atoms with Crippen molar-refractivity contribution >= 4 is 36.0 Å². The SMILES string of the molecule is CC(=O)N[C@@H]1[C@@H](OC(C)=O)[C@H](OC(C)=O)[C@@H](COC(C)=O)O[C@H]1n1nc(-c2ccncc2)n(C2CC2)c1=S. The Morgan fingerprint density at radius 1 is 1.03 bits per heavy atom. The minimum Gasteiger partial charge on any atom is -0.463 e. The molecule has 1 aliphatic heterocycles. The van der Waals surface area contributed by atoms with Crippen molar-refractivity contribution in [1.29, 1.82) is 0 Å². The molecule has 3 heterocycles. The summed E-state index contributed by atoms with van der Waals surface area (Å²) in [6, 6.07) is 2.68. The number of carbonyl (C=O) groups excluding carboxylic acids is 4. The average Bonchev–Trinajstić information content (AvgIpc) is 3.62. The van der Waals surface area contributed by atoms with E-state index in [9.17, 15) is 19.2 Å². The zero-order chi connectivity index (χ0) is 27.6. The molecule has 2 fully saturated rings. The molecule has 204 valence electrons. The van der Waals surface area contributed by atoms with Crippen molar-refractivity contribution in [1.82, 2.24) is 24.6 Å². The zero-order valence-electron chi connectivity index (χ0n) is 21.4. The van der Waals surface area contributed by atoms with Crippen LogP contribution in [0.3, 0.4) is 0 Å². The first kappa shape index (κ1) is 27.4. The molecule has 13 nitrogen and oxygen atoms in total. The number of nitrogens with zero attached hydrogens (tertiary/aromatic N) is 4. The van der Waals surface area contributed by atoms with E-state index in [1.54, 1.807) is 24.5 Å². The molecule has 4 rings (SSSR count). The molecule has 0 bridgehead atoms. The van der Waals surface area contributed by atoms with Crippen LogP contribution in [0.5, 0.6) is 0 Å². The minimum absolute atomic E-state index is 0.136. The number of aromatic nitrogens is 4. The highest BCUT2D eigenvalue weighted by atomic mass is 32.1. The highest BCUT2D eigenvalue weighted by molar-refractivity contribution is 7.71. The van der Waals surface area contributed by atoms with Gasteiger partial charge in [-0.3, -0.25) is 28.7 Å². The van der Waals surface area contributed by atoms with Gasteiger partial charge in [-0.05, 0) is 37.2 Å². The number of nitrogens with one attached hydrogen (secondary N) is 1. The standard InChI is InChI=1S/C24H29N5O8S/c1-12(30)26-19-21(36-15(4)33)20(35-14(3)32)18(11-34-13(2)31)37-23(19)29-24(38)28(17-5-6-17)22(27-29)16-7-9-25-10-8-16/h7-10,17-21,23H,5-6,11H2,1-4H3,(H,26,30)/t18-,19-,20-,21-,23-/m1/s1. The van der Waals surface area contributed by atoms with Gasteiger partial charge >= 0.3 is 17.9 Å². The summed E-state index contributed by atoms with van der Waals surface area (Å²) in [5.41, 5.74) is 0.773. The number of carbonyl (C=O) groups is 4. The Morgan fingerprint density at radius 3 is 2.21 bits per heavy atom. The molecule has 0 radical (unpaired) electrons. The van der Waals surface area contributed by atoms with Crippen LogP contribution in [-0.4, -0.2) is 74.1 Å². The topological polar surface area (TPSA) is 153 Å². The molecule has 0 aromatic carbocycles. The fourth-order valence-corrected chi connectivity index (χ4v) is 4.82. The van der Waals surface area contributed by atoms with E-state index in [0.29, 0.717) is 10.6 Å². The van der Waals surface area contributed by atoms with Crippen LogP contribution in [-0.2, 0) is 38.1 Å². The average molecular weight is 548 g/mol. The predicted octanol–water partition coefficient (Wildman–Crippen LogP) is 1.64. The second kappa shape index (κ2) is 11.4. The molecule has 1 amide bonds. The van der Waals surface area contributed by atoms with E-state index < -0.39 is 54.4 Å². The normalized spacial score (nSPS) is 24.8. The largest absolute Gasteiger partial charge is 0.463 e. The minimum atomic E-state index is -1.21. The predicted molar refractivity (Wildman–Crippen MR) is 132 cm³/mol. The van der Waals surface area contributed by atoms with E-state index in [2.05, 4.69) is 10.3 Å². The van der Waals surface area contributed by atoms with Crippen molar-refractivity contribution in [2.24, 2.45) is 0 Å². The van der Waals surface area contributed by atoms with Gasteiger partial charge in [0, 0.05) is 51.7 Å². The Bertz CT molecular complexity index is 1270. The molecule has 38 heavy (non-hydrogen) atoms. The smallest absolute Gasteiger partial charge is 0.303 e. The maximum atomic E-state index is 12.3. The van der Waals surface area contributed by atoms with Gasteiger partial charge in [-0.2, -0.15) is 0 Å². The van der Waals surface area contributed by atoms with Crippen LogP contribution in [0.1, 0.15) is 52.8 Å². The number of esters is 3. The summed E-state index contributed by atoms with van der Waals surface area (Å²) in [5.74, 6) is -1.83. The maximum absolute atomic E-state index is 12.3. The van der Waals surface area contributed by atoms with Crippen molar-refractivity contribution in [3.05, 3.63) is 29.3 Å². The van der Waals surface area contributed by atoms with Gasteiger partial charge in [0.15, 0.2) is 24.3 Å². The summed E-state index contributed by atoms with van der Waals surface area (Å²) in [7, 11) is 0. The van der Waals surface area contributed by atoms with Crippen LogP contribution in [0, 0.1) is 4.77 Å². The quantitative estimate of drug-likeness (QED) is 0.291. The Kier molecular flexibility index (Phi) is 8.21. The molecule has 1 N–H and O–H groups in total. The lowest BCUT2D eigenvalue weighted by Crippen LogP contribution is -2.64. The first-order valence-electron chi connectivity index (χ1n) is 12.1. The lowest BCUT2D eigenvalue weighted by atomic mass is 9.95. The molecule has 0 unspecified atom stereocenters. The molecule has 2 aromatic rings. The summed E-state index contributed by atoms with van der Waals surface area (Å²) < 4.78 is 26.2. The zero-order valence-corrected chi connectivity index (χ0v) is 22.2.